The zero-order chi connectivity index (χ0) is 11.3. The highest BCUT2D eigenvalue weighted by Crippen LogP contribution is 2.03. The van der Waals surface area contributed by atoms with E-state index in [1.165, 1.54) is 0 Å². The van der Waals surface area contributed by atoms with Crippen LogP contribution in [0.1, 0.15) is 30.0 Å². The molecule has 82 valence electrons. The molecule has 0 atom stereocenters. The van der Waals surface area contributed by atoms with E-state index in [1.807, 2.05) is 26.0 Å². The number of hydrogen-bond acceptors (Lipinski definition) is 3. The van der Waals surface area contributed by atoms with Gasteiger partial charge in [0, 0.05) is 19.6 Å². The molecule has 0 saturated carbocycles. The quantitative estimate of drug-likeness (QED) is 0.802. The first kappa shape index (κ1) is 11.7. The third kappa shape index (κ3) is 2.76. The van der Waals surface area contributed by atoms with Crippen molar-refractivity contribution in [1.82, 2.24) is 9.88 Å². The maximum Gasteiger partial charge on any atom is 0.272 e. The van der Waals surface area contributed by atoms with E-state index in [4.69, 9.17) is 5.73 Å². The first-order valence-electron chi connectivity index (χ1n) is 5.18. The molecule has 1 amide bonds. The largest absolute Gasteiger partial charge is 0.338 e. The van der Waals surface area contributed by atoms with Crippen molar-refractivity contribution in [3.05, 3.63) is 29.6 Å². The van der Waals surface area contributed by atoms with Crippen LogP contribution in [0.25, 0.3) is 0 Å². The van der Waals surface area contributed by atoms with E-state index in [1.54, 1.807) is 11.0 Å². The zero-order valence-corrected chi connectivity index (χ0v) is 9.23. The summed E-state index contributed by atoms with van der Waals surface area (Å²) >= 11 is 0. The second kappa shape index (κ2) is 5.46. The second-order valence-electron chi connectivity index (χ2n) is 3.20. The van der Waals surface area contributed by atoms with E-state index >= 15 is 0 Å². The van der Waals surface area contributed by atoms with Crippen molar-refractivity contribution in [3.63, 3.8) is 0 Å². The first-order chi connectivity index (χ1) is 7.22. The van der Waals surface area contributed by atoms with Crippen LogP contribution < -0.4 is 5.73 Å². The molecule has 0 aliphatic rings. The summed E-state index contributed by atoms with van der Waals surface area (Å²) in [5, 5.41) is 0. The number of amides is 1. The Balaban J connectivity index is 2.90. The van der Waals surface area contributed by atoms with Crippen LogP contribution >= 0.6 is 0 Å². The van der Waals surface area contributed by atoms with E-state index in [-0.39, 0.29) is 5.91 Å². The lowest BCUT2D eigenvalue weighted by atomic mass is 10.2. The van der Waals surface area contributed by atoms with Gasteiger partial charge in [-0.2, -0.15) is 0 Å². The summed E-state index contributed by atoms with van der Waals surface area (Å²) in [7, 11) is 0. The van der Waals surface area contributed by atoms with E-state index in [9.17, 15) is 4.79 Å². The number of carbonyl (C=O) groups is 1. The van der Waals surface area contributed by atoms with Crippen LogP contribution in [0.15, 0.2) is 18.2 Å². The zero-order valence-electron chi connectivity index (χ0n) is 9.23. The molecule has 0 aliphatic heterocycles. The molecule has 1 heterocycles. The summed E-state index contributed by atoms with van der Waals surface area (Å²) in [6.07, 6.45) is 0. The topological polar surface area (TPSA) is 59.2 Å². The van der Waals surface area contributed by atoms with Gasteiger partial charge in [0.25, 0.3) is 5.91 Å². The van der Waals surface area contributed by atoms with Gasteiger partial charge in [-0.25, -0.2) is 4.98 Å². The standard InChI is InChI=1S/C11H17N3O/c1-3-14(4-2)11(15)10-7-5-6-9(8-12)13-10/h5-7H,3-4,8,12H2,1-2H3. The molecule has 1 rings (SSSR count). The molecule has 0 unspecified atom stereocenters. The van der Waals surface area contributed by atoms with Crippen LogP contribution in [0, 0.1) is 0 Å². The Kier molecular flexibility index (Phi) is 4.24. The lowest BCUT2D eigenvalue weighted by molar-refractivity contribution is 0.0767. The number of hydrogen-bond donors (Lipinski definition) is 1. The average molecular weight is 207 g/mol. The molecular weight excluding hydrogens is 190 g/mol. The highest BCUT2D eigenvalue weighted by molar-refractivity contribution is 5.92. The van der Waals surface area contributed by atoms with Crippen LogP contribution in [-0.4, -0.2) is 28.9 Å². The molecule has 0 aliphatic carbocycles. The summed E-state index contributed by atoms with van der Waals surface area (Å²) in [6, 6.07) is 5.35. The Morgan fingerprint density at radius 3 is 2.60 bits per heavy atom. The summed E-state index contributed by atoms with van der Waals surface area (Å²) in [4.78, 5) is 17.8. The fraction of sp³-hybridized carbons (Fsp3) is 0.455. The summed E-state index contributed by atoms with van der Waals surface area (Å²) in [5.74, 6) is -0.0321. The second-order valence-corrected chi connectivity index (χ2v) is 3.20. The first-order valence-corrected chi connectivity index (χ1v) is 5.18. The average Bonchev–Trinajstić information content (AvgIpc) is 2.30. The van der Waals surface area contributed by atoms with Crippen molar-refractivity contribution in [2.75, 3.05) is 13.1 Å². The molecule has 4 heteroatoms. The van der Waals surface area contributed by atoms with Gasteiger partial charge in [-0.1, -0.05) is 6.07 Å². The molecule has 0 saturated heterocycles. The van der Waals surface area contributed by atoms with Gasteiger partial charge in [0.05, 0.1) is 5.69 Å². The molecule has 4 nitrogen and oxygen atoms in total. The Bertz CT molecular complexity index is 334. The molecule has 0 fully saturated rings. The molecular formula is C11H17N3O. The Hall–Kier alpha value is -1.42. The van der Waals surface area contributed by atoms with Gasteiger partial charge in [-0.3, -0.25) is 4.79 Å². The van der Waals surface area contributed by atoms with Crippen LogP contribution in [0.3, 0.4) is 0 Å². The highest BCUT2D eigenvalue weighted by Gasteiger charge is 2.13. The van der Waals surface area contributed by atoms with Crippen molar-refractivity contribution in [2.45, 2.75) is 20.4 Å². The number of nitrogens with two attached hydrogens (primary N) is 1. The maximum atomic E-state index is 11.9. The third-order valence-corrected chi connectivity index (χ3v) is 2.29. The van der Waals surface area contributed by atoms with Gasteiger partial charge < -0.3 is 10.6 Å². The van der Waals surface area contributed by atoms with Crippen molar-refractivity contribution < 1.29 is 4.79 Å². The predicted molar refractivity (Wildman–Crippen MR) is 59.4 cm³/mol. The van der Waals surface area contributed by atoms with Crippen molar-refractivity contribution >= 4 is 5.91 Å². The van der Waals surface area contributed by atoms with Gasteiger partial charge in [0.15, 0.2) is 0 Å². The number of rotatable bonds is 4. The molecule has 1 aromatic heterocycles. The lowest BCUT2D eigenvalue weighted by Gasteiger charge is -2.18. The van der Waals surface area contributed by atoms with Gasteiger partial charge in [-0.05, 0) is 26.0 Å². The van der Waals surface area contributed by atoms with E-state index in [0.717, 1.165) is 5.69 Å². The smallest absolute Gasteiger partial charge is 0.272 e. The summed E-state index contributed by atoms with van der Waals surface area (Å²) < 4.78 is 0. The fourth-order valence-electron chi connectivity index (χ4n) is 1.39. The SMILES string of the molecule is CCN(CC)C(=O)c1cccc(CN)n1. The van der Waals surface area contributed by atoms with Crippen LogP contribution in [0.4, 0.5) is 0 Å². The fourth-order valence-corrected chi connectivity index (χ4v) is 1.39. The molecule has 0 aromatic carbocycles. The Morgan fingerprint density at radius 1 is 1.40 bits per heavy atom. The Morgan fingerprint density at radius 2 is 2.07 bits per heavy atom. The van der Waals surface area contributed by atoms with Crippen molar-refractivity contribution in [1.29, 1.82) is 0 Å². The monoisotopic (exact) mass is 207 g/mol. The maximum absolute atomic E-state index is 11.9. The van der Waals surface area contributed by atoms with E-state index in [0.29, 0.717) is 25.3 Å². The minimum atomic E-state index is -0.0321. The molecule has 0 radical (unpaired) electrons. The third-order valence-electron chi connectivity index (χ3n) is 2.29. The number of carbonyl (C=O) groups excluding carboxylic acids is 1. The highest BCUT2D eigenvalue weighted by atomic mass is 16.2. The number of nitrogens with zero attached hydrogens (tertiary/aromatic N) is 2. The molecule has 1 aromatic rings. The molecule has 0 spiro atoms. The number of aromatic nitrogens is 1. The van der Waals surface area contributed by atoms with Crippen LogP contribution in [0.5, 0.6) is 0 Å². The number of pyridine rings is 1. The summed E-state index contributed by atoms with van der Waals surface area (Å²) in [6.45, 7) is 5.66. The molecule has 15 heavy (non-hydrogen) atoms. The van der Waals surface area contributed by atoms with Gasteiger partial charge in [0.2, 0.25) is 0 Å². The van der Waals surface area contributed by atoms with Gasteiger partial charge in [0.1, 0.15) is 5.69 Å². The normalized spacial score (nSPS) is 10.1. The van der Waals surface area contributed by atoms with Crippen LogP contribution in [-0.2, 0) is 6.54 Å². The van der Waals surface area contributed by atoms with Gasteiger partial charge >= 0.3 is 0 Å². The minimum Gasteiger partial charge on any atom is -0.338 e. The molecule has 2 N–H and O–H groups in total. The van der Waals surface area contributed by atoms with Crippen LogP contribution in [0.2, 0.25) is 0 Å². The minimum absolute atomic E-state index is 0.0321. The molecule has 0 bridgehead atoms. The van der Waals surface area contributed by atoms with E-state index < -0.39 is 0 Å². The lowest BCUT2D eigenvalue weighted by Crippen LogP contribution is -2.31. The predicted octanol–water partition coefficient (Wildman–Crippen LogP) is 1.02. The van der Waals surface area contributed by atoms with Crippen molar-refractivity contribution in [3.8, 4) is 0 Å². The van der Waals surface area contributed by atoms with Gasteiger partial charge in [-0.15, -0.1) is 0 Å². The van der Waals surface area contributed by atoms with Crippen molar-refractivity contribution in [2.24, 2.45) is 5.73 Å². The Labute approximate surface area is 90.1 Å². The summed E-state index contributed by atoms with van der Waals surface area (Å²) in [5.41, 5.74) is 6.69. The van der Waals surface area contributed by atoms with E-state index in [2.05, 4.69) is 4.98 Å².